The summed E-state index contributed by atoms with van der Waals surface area (Å²) in [6.45, 7) is 0. The summed E-state index contributed by atoms with van der Waals surface area (Å²) in [5.41, 5.74) is 5.85. The lowest BCUT2D eigenvalue weighted by Gasteiger charge is -2.07. The molecule has 3 rings (SSSR count). The number of oxime groups is 1. The molecule has 0 aromatic rings. The summed E-state index contributed by atoms with van der Waals surface area (Å²) in [7, 11) is 0. The van der Waals surface area contributed by atoms with Crippen LogP contribution in [0.1, 0.15) is 0 Å². The van der Waals surface area contributed by atoms with Gasteiger partial charge in [0.15, 0.2) is 0 Å². The maximum Gasteiger partial charge on any atom is 0.122 e. The predicted octanol–water partition coefficient (Wildman–Crippen LogP) is 2.89. The van der Waals surface area contributed by atoms with Crippen LogP contribution in [0.5, 0.6) is 0 Å². The van der Waals surface area contributed by atoms with Gasteiger partial charge in [0.1, 0.15) is 18.2 Å². The molecule has 0 aliphatic carbocycles. The van der Waals surface area contributed by atoms with Gasteiger partial charge in [-0.05, 0) is 35.8 Å². The van der Waals surface area contributed by atoms with Crippen LogP contribution in [0.3, 0.4) is 0 Å². The van der Waals surface area contributed by atoms with E-state index in [0.717, 1.165) is 16.9 Å². The first-order valence-corrected chi connectivity index (χ1v) is 7.06. The van der Waals surface area contributed by atoms with Gasteiger partial charge in [0, 0.05) is 29.3 Å². The number of hydrogen-bond acceptors (Lipinski definition) is 6. The Balaban J connectivity index is 2.08. The largest absolute Gasteiger partial charge is 0.364 e. The number of nitrogens with zero attached hydrogens (tertiary/aromatic N) is 3. The van der Waals surface area contributed by atoms with Crippen LogP contribution in [0, 0.1) is 0 Å². The molecule has 21 heavy (non-hydrogen) atoms. The van der Waals surface area contributed by atoms with E-state index in [0.29, 0.717) is 5.71 Å². The monoisotopic (exact) mass is 295 g/mol. The number of rotatable bonds is 2. The summed E-state index contributed by atoms with van der Waals surface area (Å²) in [6, 6.07) is 0. The van der Waals surface area contributed by atoms with Crippen molar-refractivity contribution < 1.29 is 4.84 Å². The maximum absolute atomic E-state index is 5.09. The molecule has 5 nitrogen and oxygen atoms in total. The van der Waals surface area contributed by atoms with Crippen molar-refractivity contribution >= 4 is 29.6 Å². The second kappa shape index (κ2) is 6.71. The quantitative estimate of drug-likeness (QED) is 0.797. The summed E-state index contributed by atoms with van der Waals surface area (Å²) < 4.78 is 4.15. The zero-order valence-electron chi connectivity index (χ0n) is 10.9. The van der Waals surface area contributed by atoms with Gasteiger partial charge < -0.3 is 4.84 Å². The molecular formula is C15H11N4OS. The SMILES string of the molecule is [C]1=NSC=CC(C2=NOC=CC=C2)=C1C1=NNC=CC=C1. The van der Waals surface area contributed by atoms with Gasteiger partial charge in [-0.15, -0.1) is 0 Å². The predicted molar refractivity (Wildman–Crippen MR) is 86.8 cm³/mol. The van der Waals surface area contributed by atoms with Crippen molar-refractivity contribution in [1.82, 2.24) is 5.43 Å². The van der Waals surface area contributed by atoms with Crippen LogP contribution in [0.15, 0.2) is 86.2 Å². The second-order valence-electron chi connectivity index (χ2n) is 4.01. The van der Waals surface area contributed by atoms with Crippen molar-refractivity contribution in [2.45, 2.75) is 0 Å². The Morgan fingerprint density at radius 1 is 1.05 bits per heavy atom. The van der Waals surface area contributed by atoms with E-state index < -0.39 is 0 Å². The first-order valence-electron chi connectivity index (χ1n) is 6.22. The molecule has 0 fully saturated rings. The highest BCUT2D eigenvalue weighted by Gasteiger charge is 2.16. The average Bonchev–Trinajstić information content (AvgIpc) is 3.01. The minimum absolute atomic E-state index is 0.685. The standard InChI is InChI=1S/C15H11N4OS/c1-3-8-16-18-14(5-1)13-11-17-21-10-7-12(13)15-6-2-4-9-20-19-15/h1-10,16H. The van der Waals surface area contributed by atoms with Gasteiger partial charge in [-0.25, -0.2) is 4.40 Å². The molecule has 3 aliphatic rings. The minimum atomic E-state index is 0.685. The van der Waals surface area contributed by atoms with Crippen LogP contribution >= 0.6 is 11.9 Å². The summed E-state index contributed by atoms with van der Waals surface area (Å²) in [5.74, 6) is 0. The van der Waals surface area contributed by atoms with E-state index in [-0.39, 0.29) is 0 Å². The molecule has 0 unspecified atom stereocenters. The minimum Gasteiger partial charge on any atom is -0.364 e. The van der Waals surface area contributed by atoms with Crippen LogP contribution in [0.25, 0.3) is 0 Å². The molecule has 0 aromatic carbocycles. The average molecular weight is 295 g/mol. The van der Waals surface area contributed by atoms with Crippen LogP contribution < -0.4 is 5.43 Å². The zero-order chi connectivity index (χ0) is 14.3. The number of hydrazone groups is 1. The van der Waals surface area contributed by atoms with Crippen molar-refractivity contribution in [3.63, 3.8) is 0 Å². The molecule has 0 spiro atoms. The molecule has 3 aliphatic heterocycles. The molecular weight excluding hydrogens is 284 g/mol. The van der Waals surface area contributed by atoms with Crippen molar-refractivity contribution in [1.29, 1.82) is 0 Å². The normalized spacial score (nSPS) is 20.2. The van der Waals surface area contributed by atoms with Gasteiger partial charge >= 0.3 is 0 Å². The summed E-state index contributed by atoms with van der Waals surface area (Å²) in [5, 5.41) is 10.2. The molecule has 6 heteroatoms. The van der Waals surface area contributed by atoms with Crippen LogP contribution in [-0.4, -0.2) is 17.6 Å². The smallest absolute Gasteiger partial charge is 0.122 e. The molecule has 0 amide bonds. The van der Waals surface area contributed by atoms with Gasteiger partial charge in [0.2, 0.25) is 0 Å². The van der Waals surface area contributed by atoms with Crippen LogP contribution in [0.2, 0.25) is 0 Å². The van der Waals surface area contributed by atoms with Crippen molar-refractivity contribution in [2.75, 3.05) is 0 Å². The molecule has 0 atom stereocenters. The highest BCUT2D eigenvalue weighted by atomic mass is 32.2. The first-order chi connectivity index (χ1) is 10.4. The third kappa shape index (κ3) is 3.29. The van der Waals surface area contributed by atoms with Gasteiger partial charge in [-0.1, -0.05) is 17.3 Å². The van der Waals surface area contributed by atoms with E-state index in [9.17, 15) is 0 Å². The van der Waals surface area contributed by atoms with E-state index in [1.807, 2.05) is 41.9 Å². The Morgan fingerprint density at radius 3 is 2.95 bits per heavy atom. The Bertz CT molecular complexity index is 632. The van der Waals surface area contributed by atoms with E-state index >= 15 is 0 Å². The molecule has 1 N–H and O–H groups in total. The van der Waals surface area contributed by atoms with Crippen molar-refractivity contribution in [3.8, 4) is 0 Å². The molecule has 0 bridgehead atoms. The summed E-state index contributed by atoms with van der Waals surface area (Å²) >= 11 is 1.30. The Morgan fingerprint density at radius 2 is 1.95 bits per heavy atom. The summed E-state index contributed by atoms with van der Waals surface area (Å²) in [4.78, 5) is 5.09. The lowest BCUT2D eigenvalue weighted by atomic mass is 9.99. The number of hydrogen-bond donors (Lipinski definition) is 1. The topological polar surface area (TPSA) is 58.3 Å². The lowest BCUT2D eigenvalue weighted by Crippen LogP contribution is -2.11. The third-order valence-corrected chi connectivity index (χ3v) is 3.14. The molecule has 0 saturated heterocycles. The highest BCUT2D eigenvalue weighted by molar-refractivity contribution is 8.01. The number of nitrogens with one attached hydrogen (secondary N) is 1. The van der Waals surface area contributed by atoms with E-state index in [1.165, 1.54) is 18.2 Å². The van der Waals surface area contributed by atoms with E-state index in [1.54, 1.807) is 12.3 Å². The van der Waals surface area contributed by atoms with Gasteiger partial charge in [-0.2, -0.15) is 5.10 Å². The fourth-order valence-electron chi connectivity index (χ4n) is 1.77. The third-order valence-electron chi connectivity index (χ3n) is 2.68. The van der Waals surface area contributed by atoms with Gasteiger partial charge in [-0.3, -0.25) is 5.43 Å². The molecule has 3 heterocycles. The van der Waals surface area contributed by atoms with Crippen LogP contribution in [0.4, 0.5) is 0 Å². The van der Waals surface area contributed by atoms with Gasteiger partial charge in [0.25, 0.3) is 0 Å². The highest BCUT2D eigenvalue weighted by Crippen LogP contribution is 2.20. The van der Waals surface area contributed by atoms with Crippen molar-refractivity contribution in [3.05, 3.63) is 71.5 Å². The fraction of sp³-hybridized carbons (Fsp3) is 0. The molecule has 0 saturated carbocycles. The van der Waals surface area contributed by atoms with Crippen molar-refractivity contribution in [2.24, 2.45) is 14.7 Å². The lowest BCUT2D eigenvalue weighted by molar-refractivity contribution is 0.270. The Hall–Kier alpha value is -2.60. The summed E-state index contributed by atoms with van der Waals surface area (Å²) in [6.07, 6.45) is 19.4. The van der Waals surface area contributed by atoms with E-state index in [2.05, 4.69) is 26.3 Å². The Kier molecular flexibility index (Phi) is 4.28. The first kappa shape index (κ1) is 13.4. The van der Waals surface area contributed by atoms with E-state index in [4.69, 9.17) is 4.84 Å². The fourth-order valence-corrected chi connectivity index (χ4v) is 2.17. The van der Waals surface area contributed by atoms with Crippen LogP contribution in [-0.2, 0) is 4.84 Å². The zero-order valence-corrected chi connectivity index (χ0v) is 11.7. The molecule has 103 valence electrons. The molecule has 1 radical (unpaired) electrons. The molecule has 0 aromatic heterocycles. The van der Waals surface area contributed by atoms with Gasteiger partial charge in [0.05, 0.1) is 5.71 Å². The second-order valence-corrected chi connectivity index (χ2v) is 4.68. The number of allylic oxidation sites excluding steroid dienone is 9. The Labute approximate surface area is 126 Å². The maximum atomic E-state index is 5.09.